The average molecular weight is 271 g/mol. The van der Waals surface area contributed by atoms with Gasteiger partial charge in [0.25, 0.3) is 0 Å². The molecule has 2 atom stereocenters. The Morgan fingerprint density at radius 2 is 2.20 bits per heavy atom. The quantitative estimate of drug-likeness (QED) is 0.849. The number of rotatable bonds is 1. The summed E-state index contributed by atoms with van der Waals surface area (Å²) in [6.45, 7) is 4.22. The number of hydrogen-bond acceptors (Lipinski definition) is 2. The summed E-state index contributed by atoms with van der Waals surface area (Å²) in [5.74, 6) is 1.24. The van der Waals surface area contributed by atoms with Crippen molar-refractivity contribution in [3.8, 4) is 5.75 Å². The molecule has 0 radical (unpaired) electrons. The van der Waals surface area contributed by atoms with E-state index in [1.165, 1.54) is 0 Å². The average Bonchev–Trinajstić information content (AvgIpc) is 2.18. The van der Waals surface area contributed by atoms with Gasteiger partial charge in [-0.15, -0.1) is 0 Å². The monoisotopic (exact) mass is 270 g/mol. The fourth-order valence-electron chi connectivity index (χ4n) is 1.85. The van der Waals surface area contributed by atoms with E-state index < -0.39 is 6.10 Å². The van der Waals surface area contributed by atoms with Crippen molar-refractivity contribution in [1.82, 2.24) is 0 Å². The molecule has 0 spiro atoms. The van der Waals surface area contributed by atoms with Crippen LogP contribution in [0.1, 0.15) is 31.9 Å². The third kappa shape index (κ3) is 2.18. The summed E-state index contributed by atoms with van der Waals surface area (Å²) in [6, 6.07) is 5.78. The minimum Gasteiger partial charge on any atom is -0.490 e. The summed E-state index contributed by atoms with van der Waals surface area (Å²) < 4.78 is 6.82. The highest BCUT2D eigenvalue weighted by Gasteiger charge is 2.28. The first kappa shape index (κ1) is 11.0. The van der Waals surface area contributed by atoms with Gasteiger partial charge in [-0.1, -0.05) is 29.8 Å². The molecular formula is C12H15BrO2. The first-order chi connectivity index (χ1) is 7.08. The Hall–Kier alpha value is -0.540. The van der Waals surface area contributed by atoms with Crippen LogP contribution in [0.25, 0.3) is 0 Å². The number of ether oxygens (including phenoxy) is 1. The largest absolute Gasteiger partial charge is 0.490 e. The van der Waals surface area contributed by atoms with E-state index in [0.29, 0.717) is 12.3 Å². The Labute approximate surface area is 98.4 Å². The smallest absolute Gasteiger partial charge is 0.125 e. The molecule has 0 aliphatic carbocycles. The van der Waals surface area contributed by atoms with Crippen molar-refractivity contribution in [2.24, 2.45) is 5.92 Å². The zero-order valence-electron chi connectivity index (χ0n) is 8.90. The van der Waals surface area contributed by atoms with E-state index in [9.17, 15) is 5.11 Å². The molecule has 0 aromatic heterocycles. The molecule has 1 N–H and O–H groups in total. The van der Waals surface area contributed by atoms with Crippen LogP contribution in [0.5, 0.6) is 5.75 Å². The molecule has 1 aromatic rings. The Morgan fingerprint density at radius 1 is 1.47 bits per heavy atom. The highest BCUT2D eigenvalue weighted by atomic mass is 79.9. The van der Waals surface area contributed by atoms with Crippen LogP contribution in [-0.2, 0) is 0 Å². The van der Waals surface area contributed by atoms with Crippen LogP contribution in [0.2, 0.25) is 0 Å². The van der Waals surface area contributed by atoms with E-state index in [2.05, 4.69) is 29.8 Å². The van der Waals surface area contributed by atoms with Gasteiger partial charge in [-0.05, 0) is 24.1 Å². The van der Waals surface area contributed by atoms with Crippen molar-refractivity contribution in [2.45, 2.75) is 32.5 Å². The predicted molar refractivity (Wildman–Crippen MR) is 63.0 cm³/mol. The fraction of sp³-hybridized carbons (Fsp3) is 0.500. The molecule has 2 rings (SSSR count). The summed E-state index contributed by atoms with van der Waals surface area (Å²) in [5, 5.41) is 10.0. The lowest BCUT2D eigenvalue weighted by Crippen LogP contribution is -2.30. The SMILES string of the molecule is CC(C)[C@H]1C[C@H](O)c2cc(Br)ccc2O1. The molecule has 1 aliphatic heterocycles. The zero-order chi connectivity index (χ0) is 11.0. The van der Waals surface area contributed by atoms with E-state index in [1.54, 1.807) is 0 Å². The Bertz CT molecular complexity index is 363. The van der Waals surface area contributed by atoms with Gasteiger partial charge in [0.05, 0.1) is 6.10 Å². The Kier molecular flexibility index (Phi) is 3.03. The van der Waals surface area contributed by atoms with Crippen LogP contribution >= 0.6 is 15.9 Å². The molecule has 2 nitrogen and oxygen atoms in total. The minimum absolute atomic E-state index is 0.119. The maximum absolute atomic E-state index is 10.0. The molecule has 0 saturated heterocycles. The molecule has 0 unspecified atom stereocenters. The van der Waals surface area contributed by atoms with Crippen LogP contribution in [-0.4, -0.2) is 11.2 Å². The molecule has 0 bridgehead atoms. The lowest BCUT2D eigenvalue weighted by molar-refractivity contribution is 0.0426. The van der Waals surface area contributed by atoms with Crippen LogP contribution in [0.15, 0.2) is 22.7 Å². The van der Waals surface area contributed by atoms with E-state index in [-0.39, 0.29) is 6.10 Å². The third-order valence-corrected chi connectivity index (χ3v) is 3.30. The fourth-order valence-corrected chi connectivity index (χ4v) is 2.23. The second-order valence-corrected chi connectivity index (χ2v) is 5.25. The zero-order valence-corrected chi connectivity index (χ0v) is 10.5. The van der Waals surface area contributed by atoms with Crippen LogP contribution in [0.3, 0.4) is 0 Å². The Morgan fingerprint density at radius 3 is 2.87 bits per heavy atom. The molecule has 0 fully saturated rings. The molecule has 0 amide bonds. The number of aliphatic hydroxyl groups excluding tert-OH is 1. The van der Waals surface area contributed by atoms with Gasteiger partial charge < -0.3 is 9.84 Å². The van der Waals surface area contributed by atoms with Gasteiger partial charge in [-0.25, -0.2) is 0 Å². The number of hydrogen-bond donors (Lipinski definition) is 1. The van der Waals surface area contributed by atoms with Gasteiger partial charge in [0.2, 0.25) is 0 Å². The lowest BCUT2D eigenvalue weighted by atomic mass is 9.93. The van der Waals surface area contributed by atoms with Crippen LogP contribution < -0.4 is 4.74 Å². The van der Waals surface area contributed by atoms with E-state index in [1.807, 2.05) is 18.2 Å². The highest BCUT2D eigenvalue weighted by Crippen LogP contribution is 2.38. The van der Waals surface area contributed by atoms with Gasteiger partial charge in [-0.3, -0.25) is 0 Å². The number of benzene rings is 1. The van der Waals surface area contributed by atoms with Gasteiger partial charge in [0.15, 0.2) is 0 Å². The molecule has 3 heteroatoms. The van der Waals surface area contributed by atoms with Crippen LogP contribution in [0.4, 0.5) is 0 Å². The van der Waals surface area contributed by atoms with Crippen molar-refractivity contribution in [2.75, 3.05) is 0 Å². The minimum atomic E-state index is -0.404. The topological polar surface area (TPSA) is 29.5 Å². The summed E-state index contributed by atoms with van der Waals surface area (Å²) >= 11 is 3.40. The third-order valence-electron chi connectivity index (χ3n) is 2.81. The second kappa shape index (κ2) is 4.14. The van der Waals surface area contributed by atoms with Gasteiger partial charge in [0.1, 0.15) is 11.9 Å². The Balaban J connectivity index is 2.32. The molecule has 15 heavy (non-hydrogen) atoms. The second-order valence-electron chi connectivity index (χ2n) is 4.33. The van der Waals surface area contributed by atoms with Gasteiger partial charge in [0, 0.05) is 16.5 Å². The van der Waals surface area contributed by atoms with Crippen molar-refractivity contribution >= 4 is 15.9 Å². The first-order valence-electron chi connectivity index (χ1n) is 5.22. The van der Waals surface area contributed by atoms with E-state index >= 15 is 0 Å². The molecule has 1 aliphatic rings. The summed E-state index contributed by atoms with van der Waals surface area (Å²) in [5.41, 5.74) is 0.890. The van der Waals surface area contributed by atoms with E-state index in [0.717, 1.165) is 15.8 Å². The predicted octanol–water partition coefficient (Wildman–Crippen LogP) is 3.29. The molecule has 82 valence electrons. The standard InChI is InChI=1S/C12H15BrO2/c1-7(2)12-6-10(14)9-5-8(13)3-4-11(9)15-12/h3-5,7,10,12,14H,6H2,1-2H3/t10-,12+/m0/s1. The summed E-state index contributed by atoms with van der Waals surface area (Å²) in [6.07, 6.45) is 0.397. The maximum Gasteiger partial charge on any atom is 0.125 e. The van der Waals surface area contributed by atoms with Crippen LogP contribution in [0, 0.1) is 5.92 Å². The molecule has 1 aromatic carbocycles. The number of halogens is 1. The normalized spacial score (nSPS) is 24.9. The van der Waals surface area contributed by atoms with Gasteiger partial charge >= 0.3 is 0 Å². The summed E-state index contributed by atoms with van der Waals surface area (Å²) in [4.78, 5) is 0. The number of aliphatic hydroxyl groups is 1. The highest BCUT2D eigenvalue weighted by molar-refractivity contribution is 9.10. The first-order valence-corrected chi connectivity index (χ1v) is 6.01. The lowest BCUT2D eigenvalue weighted by Gasteiger charge is -2.32. The van der Waals surface area contributed by atoms with Crippen molar-refractivity contribution < 1.29 is 9.84 Å². The van der Waals surface area contributed by atoms with Crippen molar-refractivity contribution in [3.05, 3.63) is 28.2 Å². The van der Waals surface area contributed by atoms with Crippen molar-refractivity contribution in [3.63, 3.8) is 0 Å². The molecule has 1 heterocycles. The molecular weight excluding hydrogens is 256 g/mol. The van der Waals surface area contributed by atoms with Gasteiger partial charge in [-0.2, -0.15) is 0 Å². The number of fused-ring (bicyclic) bond motifs is 1. The van der Waals surface area contributed by atoms with E-state index in [4.69, 9.17) is 4.74 Å². The molecule has 0 saturated carbocycles. The summed E-state index contributed by atoms with van der Waals surface area (Å²) in [7, 11) is 0. The maximum atomic E-state index is 10.0. The van der Waals surface area contributed by atoms with Crippen molar-refractivity contribution in [1.29, 1.82) is 0 Å².